The summed E-state index contributed by atoms with van der Waals surface area (Å²) in [6.45, 7) is 0. The Balaban J connectivity index is 2.20. The summed E-state index contributed by atoms with van der Waals surface area (Å²) in [6, 6.07) is 7.20. The van der Waals surface area contributed by atoms with E-state index >= 15 is 0 Å². The number of nitrogens with zero attached hydrogens (tertiary/aromatic N) is 2. The van der Waals surface area contributed by atoms with E-state index < -0.39 is 0 Å². The van der Waals surface area contributed by atoms with Gasteiger partial charge in [-0.3, -0.25) is 9.89 Å². The van der Waals surface area contributed by atoms with Gasteiger partial charge in [-0.25, -0.2) is 4.98 Å². The summed E-state index contributed by atoms with van der Waals surface area (Å²) in [5.41, 5.74) is 7.34. The van der Waals surface area contributed by atoms with Crippen LogP contribution in [0.25, 0.3) is 16.9 Å². The molecule has 0 bridgehead atoms. The van der Waals surface area contributed by atoms with Gasteiger partial charge in [0, 0.05) is 17.7 Å². The monoisotopic (exact) mass is 286 g/mol. The molecule has 2 aromatic heterocycles. The number of rotatable bonds is 3. The number of hydrogen-bond acceptors (Lipinski definition) is 5. The van der Waals surface area contributed by atoms with Crippen LogP contribution in [0.1, 0.15) is 0 Å². The smallest absolute Gasteiger partial charge is 0.295 e. The maximum atomic E-state index is 11.9. The highest BCUT2D eigenvalue weighted by molar-refractivity contribution is 5.67. The van der Waals surface area contributed by atoms with Crippen LogP contribution in [0.15, 0.2) is 35.3 Å². The van der Waals surface area contributed by atoms with Gasteiger partial charge in [-0.2, -0.15) is 4.52 Å². The molecule has 21 heavy (non-hydrogen) atoms. The highest BCUT2D eigenvalue weighted by atomic mass is 16.5. The fourth-order valence-corrected chi connectivity index (χ4v) is 2.08. The van der Waals surface area contributed by atoms with E-state index in [0.29, 0.717) is 22.8 Å². The second-order valence-electron chi connectivity index (χ2n) is 4.48. The lowest BCUT2D eigenvalue weighted by atomic mass is 10.1. The summed E-state index contributed by atoms with van der Waals surface area (Å²) in [5.74, 6) is 1.31. The van der Waals surface area contributed by atoms with Gasteiger partial charge < -0.3 is 15.2 Å². The van der Waals surface area contributed by atoms with Crippen LogP contribution in [0.5, 0.6) is 11.5 Å². The quantitative estimate of drug-likeness (QED) is 0.756. The second-order valence-corrected chi connectivity index (χ2v) is 4.48. The van der Waals surface area contributed by atoms with E-state index in [2.05, 4.69) is 10.1 Å². The average Bonchev–Trinajstić information content (AvgIpc) is 2.95. The van der Waals surface area contributed by atoms with Gasteiger partial charge in [0.25, 0.3) is 5.56 Å². The average molecular weight is 286 g/mol. The van der Waals surface area contributed by atoms with Gasteiger partial charge in [-0.1, -0.05) is 0 Å². The molecule has 3 rings (SSSR count). The molecule has 0 spiro atoms. The van der Waals surface area contributed by atoms with E-state index in [1.54, 1.807) is 26.4 Å². The normalized spacial score (nSPS) is 10.8. The number of benzene rings is 1. The van der Waals surface area contributed by atoms with Crippen molar-refractivity contribution in [1.29, 1.82) is 0 Å². The number of H-pyrrole nitrogens is 1. The first-order valence-corrected chi connectivity index (χ1v) is 6.22. The van der Waals surface area contributed by atoms with Gasteiger partial charge in [0.1, 0.15) is 17.2 Å². The predicted molar refractivity (Wildman–Crippen MR) is 78.8 cm³/mol. The minimum Gasteiger partial charge on any atom is -0.497 e. The minimum atomic E-state index is -0.332. The molecule has 3 aromatic rings. The lowest BCUT2D eigenvalue weighted by Crippen LogP contribution is -2.18. The van der Waals surface area contributed by atoms with Crippen LogP contribution in [-0.4, -0.2) is 28.8 Å². The van der Waals surface area contributed by atoms with Gasteiger partial charge in [0.15, 0.2) is 5.65 Å². The first-order valence-electron chi connectivity index (χ1n) is 6.22. The highest BCUT2D eigenvalue weighted by Crippen LogP contribution is 2.29. The van der Waals surface area contributed by atoms with Crippen molar-refractivity contribution in [2.75, 3.05) is 20.0 Å². The molecule has 0 saturated heterocycles. The van der Waals surface area contributed by atoms with Crippen LogP contribution in [0.3, 0.4) is 0 Å². The Kier molecular flexibility index (Phi) is 3.02. The zero-order valence-electron chi connectivity index (χ0n) is 11.6. The molecule has 108 valence electrons. The van der Waals surface area contributed by atoms with Gasteiger partial charge in [-0.05, 0) is 12.1 Å². The minimum absolute atomic E-state index is 0.0872. The van der Waals surface area contributed by atoms with Crippen LogP contribution in [-0.2, 0) is 0 Å². The van der Waals surface area contributed by atoms with Gasteiger partial charge in [0.2, 0.25) is 0 Å². The molecule has 3 N–H and O–H groups in total. The molecule has 0 fully saturated rings. The summed E-state index contributed by atoms with van der Waals surface area (Å²) in [4.78, 5) is 16.1. The molecule has 0 aliphatic heterocycles. The third kappa shape index (κ3) is 2.18. The molecule has 0 radical (unpaired) electrons. The topological polar surface area (TPSA) is 94.6 Å². The summed E-state index contributed by atoms with van der Waals surface area (Å²) >= 11 is 0. The van der Waals surface area contributed by atoms with Crippen molar-refractivity contribution >= 4 is 11.3 Å². The highest BCUT2D eigenvalue weighted by Gasteiger charge is 2.10. The zero-order chi connectivity index (χ0) is 15.0. The number of hydrogen-bond donors (Lipinski definition) is 2. The number of methoxy groups -OCH3 is 2. The number of aromatic amines is 1. The van der Waals surface area contributed by atoms with Crippen molar-refractivity contribution in [3.63, 3.8) is 0 Å². The van der Waals surface area contributed by atoms with Crippen LogP contribution in [0.4, 0.5) is 5.69 Å². The van der Waals surface area contributed by atoms with Crippen molar-refractivity contribution in [2.45, 2.75) is 0 Å². The Morgan fingerprint density at radius 1 is 1.14 bits per heavy atom. The van der Waals surface area contributed by atoms with E-state index in [-0.39, 0.29) is 11.2 Å². The van der Waals surface area contributed by atoms with E-state index in [0.717, 1.165) is 5.56 Å². The van der Waals surface area contributed by atoms with Crippen LogP contribution >= 0.6 is 0 Å². The molecule has 0 saturated carbocycles. The van der Waals surface area contributed by atoms with Crippen LogP contribution in [0.2, 0.25) is 0 Å². The fourth-order valence-electron chi connectivity index (χ4n) is 2.08. The Morgan fingerprint density at radius 3 is 2.43 bits per heavy atom. The third-order valence-corrected chi connectivity index (χ3v) is 3.18. The van der Waals surface area contributed by atoms with E-state index in [1.807, 2.05) is 12.1 Å². The molecule has 7 heteroatoms. The molecule has 0 unspecified atom stereocenters. The number of fused-ring (bicyclic) bond motifs is 1. The van der Waals surface area contributed by atoms with E-state index in [4.69, 9.17) is 15.2 Å². The number of nitrogen functional groups attached to an aromatic ring is 1. The molecular weight excluding hydrogens is 272 g/mol. The van der Waals surface area contributed by atoms with Crippen molar-refractivity contribution in [3.05, 3.63) is 40.8 Å². The van der Waals surface area contributed by atoms with E-state index in [9.17, 15) is 4.79 Å². The molecular formula is C14H14N4O3. The molecule has 0 aliphatic carbocycles. The Morgan fingerprint density at radius 2 is 1.81 bits per heavy atom. The number of nitrogens with one attached hydrogen (secondary N) is 1. The molecule has 1 aromatic carbocycles. The number of nitrogens with two attached hydrogens (primary N) is 1. The molecule has 0 atom stereocenters. The van der Waals surface area contributed by atoms with Crippen molar-refractivity contribution < 1.29 is 9.47 Å². The SMILES string of the molecule is COc1cc(OC)cc(-c2cc3ncc(N)c(=O)n3[nH]2)c1. The fraction of sp³-hybridized carbons (Fsp3) is 0.143. The standard InChI is InChI=1S/C14H14N4O3/c1-20-9-3-8(4-10(5-9)21-2)12-6-13-16-7-11(15)14(19)18(13)17-12/h3-7,17H,15H2,1-2H3. The van der Waals surface area contributed by atoms with Gasteiger partial charge in [0.05, 0.1) is 26.1 Å². The summed E-state index contributed by atoms with van der Waals surface area (Å²) in [6.07, 6.45) is 1.35. The molecule has 0 aliphatic rings. The van der Waals surface area contributed by atoms with E-state index in [1.165, 1.54) is 10.7 Å². The largest absolute Gasteiger partial charge is 0.497 e. The number of ether oxygens (including phenoxy) is 2. The maximum Gasteiger partial charge on any atom is 0.295 e. The first-order chi connectivity index (χ1) is 10.1. The molecule has 7 nitrogen and oxygen atoms in total. The summed E-state index contributed by atoms with van der Waals surface area (Å²) in [7, 11) is 3.16. The van der Waals surface area contributed by atoms with Crippen LogP contribution < -0.4 is 20.8 Å². The molecule has 0 amide bonds. The van der Waals surface area contributed by atoms with Crippen LogP contribution in [0, 0.1) is 0 Å². The lowest BCUT2D eigenvalue weighted by Gasteiger charge is -2.07. The first kappa shape index (κ1) is 13.0. The van der Waals surface area contributed by atoms with Crippen molar-refractivity contribution in [2.24, 2.45) is 0 Å². The predicted octanol–water partition coefficient (Wildman–Crippen LogP) is 1.29. The summed E-state index contributed by atoms with van der Waals surface area (Å²) < 4.78 is 11.8. The molecule has 2 heterocycles. The third-order valence-electron chi connectivity index (χ3n) is 3.18. The van der Waals surface area contributed by atoms with Crippen molar-refractivity contribution in [1.82, 2.24) is 14.6 Å². The second kappa shape index (κ2) is 4.86. The number of aromatic nitrogens is 3. The zero-order valence-corrected chi connectivity index (χ0v) is 11.6. The van der Waals surface area contributed by atoms with Gasteiger partial charge in [-0.15, -0.1) is 0 Å². The Bertz CT molecular complexity index is 844. The summed E-state index contributed by atoms with van der Waals surface area (Å²) in [5, 5.41) is 2.97. The Hall–Kier alpha value is -2.96. The Labute approximate surface area is 119 Å². The lowest BCUT2D eigenvalue weighted by molar-refractivity contribution is 0.394. The van der Waals surface area contributed by atoms with Gasteiger partial charge >= 0.3 is 0 Å². The number of anilines is 1. The maximum absolute atomic E-state index is 11.9. The van der Waals surface area contributed by atoms with Crippen molar-refractivity contribution in [3.8, 4) is 22.8 Å².